The van der Waals surface area contributed by atoms with Gasteiger partial charge in [-0.05, 0) is 63.4 Å². The molecule has 2 rings (SSSR count). The molecule has 0 aliphatic heterocycles. The first kappa shape index (κ1) is 16.1. The van der Waals surface area contributed by atoms with Crippen molar-refractivity contribution in [1.29, 1.82) is 0 Å². The van der Waals surface area contributed by atoms with E-state index in [1.807, 2.05) is 32.0 Å². The number of thiophene rings is 1. The predicted molar refractivity (Wildman–Crippen MR) is 91.2 cm³/mol. The standard InChI is InChI=1S/C14H12Br2O2S2/c1-8-3-4-12(9(2)5-8)20(18)7-11(17)10-6-13(15)19-14(10)16/h3-6H,7H2,1-2H3. The van der Waals surface area contributed by atoms with E-state index in [0.717, 1.165) is 23.6 Å². The molecule has 0 amide bonds. The van der Waals surface area contributed by atoms with Gasteiger partial charge in [-0.1, -0.05) is 17.7 Å². The van der Waals surface area contributed by atoms with Crippen molar-refractivity contribution >= 4 is 59.8 Å². The van der Waals surface area contributed by atoms with Crippen molar-refractivity contribution in [2.75, 3.05) is 5.75 Å². The molecule has 0 spiro atoms. The van der Waals surface area contributed by atoms with Crippen LogP contribution in [0.2, 0.25) is 0 Å². The molecule has 6 heteroatoms. The highest BCUT2D eigenvalue weighted by Crippen LogP contribution is 2.32. The topological polar surface area (TPSA) is 34.1 Å². The van der Waals surface area contributed by atoms with Crippen LogP contribution in [0.5, 0.6) is 0 Å². The van der Waals surface area contributed by atoms with Gasteiger partial charge in [0.15, 0.2) is 5.78 Å². The Bertz CT molecular complexity index is 692. The zero-order valence-corrected chi connectivity index (χ0v) is 15.7. The summed E-state index contributed by atoms with van der Waals surface area (Å²) in [7, 11) is -1.31. The Balaban J connectivity index is 2.19. The van der Waals surface area contributed by atoms with Crippen molar-refractivity contribution < 1.29 is 9.00 Å². The third-order valence-corrected chi connectivity index (χ3v) is 6.61. The van der Waals surface area contributed by atoms with Gasteiger partial charge in [0.1, 0.15) is 0 Å². The minimum absolute atomic E-state index is 0.00563. The molecule has 0 bridgehead atoms. The van der Waals surface area contributed by atoms with E-state index in [2.05, 4.69) is 31.9 Å². The van der Waals surface area contributed by atoms with Gasteiger partial charge >= 0.3 is 0 Å². The maximum Gasteiger partial charge on any atom is 0.177 e. The minimum Gasteiger partial charge on any atom is -0.293 e. The summed E-state index contributed by atoms with van der Waals surface area (Å²) in [5.74, 6) is -0.108. The second-order valence-electron chi connectivity index (χ2n) is 4.42. The predicted octanol–water partition coefficient (Wildman–Crippen LogP) is 4.88. The lowest BCUT2D eigenvalue weighted by molar-refractivity contribution is 0.102. The molecule has 106 valence electrons. The zero-order valence-electron chi connectivity index (χ0n) is 10.9. The Kier molecular flexibility index (Phi) is 5.34. The van der Waals surface area contributed by atoms with E-state index in [9.17, 15) is 9.00 Å². The molecule has 1 unspecified atom stereocenters. The van der Waals surface area contributed by atoms with E-state index < -0.39 is 10.8 Å². The van der Waals surface area contributed by atoms with Crippen molar-refractivity contribution in [2.45, 2.75) is 18.7 Å². The molecule has 1 atom stereocenters. The fourth-order valence-corrected chi connectivity index (χ4v) is 5.90. The van der Waals surface area contributed by atoms with Crippen molar-refractivity contribution in [3.05, 3.63) is 48.5 Å². The summed E-state index contributed by atoms with van der Waals surface area (Å²) in [6.45, 7) is 3.91. The molecule has 1 aromatic carbocycles. The molecule has 2 aromatic rings. The van der Waals surface area contributed by atoms with Crippen LogP contribution in [0.25, 0.3) is 0 Å². The number of ketones is 1. The Labute approximate surface area is 141 Å². The van der Waals surface area contributed by atoms with Gasteiger partial charge in [-0.2, -0.15) is 0 Å². The summed E-state index contributed by atoms with van der Waals surface area (Å²) >= 11 is 8.14. The van der Waals surface area contributed by atoms with Crippen LogP contribution in [0.3, 0.4) is 0 Å². The molecule has 20 heavy (non-hydrogen) atoms. The third kappa shape index (κ3) is 3.67. The lowest BCUT2D eigenvalue weighted by atomic mass is 10.2. The molecule has 0 fully saturated rings. The van der Waals surface area contributed by atoms with Crippen LogP contribution in [0.4, 0.5) is 0 Å². The minimum atomic E-state index is -1.31. The van der Waals surface area contributed by atoms with Gasteiger partial charge in [-0.15, -0.1) is 11.3 Å². The molecule has 0 radical (unpaired) electrons. The highest BCUT2D eigenvalue weighted by atomic mass is 79.9. The first-order valence-corrected chi connectivity index (χ1v) is 9.54. The Hall–Kier alpha value is -0.300. The second kappa shape index (κ2) is 6.64. The van der Waals surface area contributed by atoms with Crippen LogP contribution in [0, 0.1) is 13.8 Å². The van der Waals surface area contributed by atoms with Gasteiger partial charge < -0.3 is 0 Å². The van der Waals surface area contributed by atoms with Crippen molar-refractivity contribution in [3.8, 4) is 0 Å². The van der Waals surface area contributed by atoms with Crippen molar-refractivity contribution in [1.82, 2.24) is 0 Å². The van der Waals surface area contributed by atoms with Gasteiger partial charge in [0.25, 0.3) is 0 Å². The van der Waals surface area contributed by atoms with Crippen LogP contribution < -0.4 is 0 Å². The van der Waals surface area contributed by atoms with E-state index in [0.29, 0.717) is 5.56 Å². The zero-order chi connectivity index (χ0) is 14.9. The van der Waals surface area contributed by atoms with Crippen LogP contribution >= 0.6 is 43.2 Å². The van der Waals surface area contributed by atoms with Crippen LogP contribution in [-0.2, 0) is 10.8 Å². The van der Waals surface area contributed by atoms with E-state index in [1.54, 1.807) is 6.07 Å². The number of halogens is 2. The molecule has 0 aliphatic carbocycles. The average Bonchev–Trinajstić information content (AvgIpc) is 2.68. The number of rotatable bonds is 4. The molecule has 1 aromatic heterocycles. The number of hydrogen-bond donors (Lipinski definition) is 0. The molecular formula is C14H12Br2O2S2. The Morgan fingerprint density at radius 2 is 1.95 bits per heavy atom. The third-order valence-electron chi connectivity index (χ3n) is 2.79. The first-order valence-electron chi connectivity index (χ1n) is 5.82. The van der Waals surface area contributed by atoms with Gasteiger partial charge in [-0.3, -0.25) is 9.00 Å². The number of carbonyl (C=O) groups excluding carboxylic acids is 1. The molecule has 0 saturated heterocycles. The summed E-state index contributed by atoms with van der Waals surface area (Å²) in [5.41, 5.74) is 2.67. The summed E-state index contributed by atoms with van der Waals surface area (Å²) in [4.78, 5) is 12.9. The van der Waals surface area contributed by atoms with Crippen LogP contribution in [0.15, 0.2) is 36.7 Å². The molecule has 0 N–H and O–H groups in total. The number of hydrogen-bond acceptors (Lipinski definition) is 3. The lowest BCUT2D eigenvalue weighted by Gasteiger charge is -2.06. The Morgan fingerprint density at radius 3 is 2.50 bits per heavy atom. The molecule has 1 heterocycles. The average molecular weight is 436 g/mol. The highest BCUT2D eigenvalue weighted by Gasteiger charge is 2.18. The Morgan fingerprint density at radius 1 is 1.25 bits per heavy atom. The summed E-state index contributed by atoms with van der Waals surface area (Å²) < 4.78 is 14.0. The van der Waals surface area contributed by atoms with Gasteiger partial charge in [0, 0.05) is 10.5 Å². The number of aryl methyl sites for hydroxylation is 2. The maximum atomic E-state index is 12.3. The van der Waals surface area contributed by atoms with Gasteiger partial charge in [-0.25, -0.2) is 0 Å². The van der Waals surface area contributed by atoms with E-state index in [1.165, 1.54) is 11.3 Å². The SMILES string of the molecule is Cc1ccc(S(=O)CC(=O)c2cc(Br)sc2Br)c(C)c1. The second-order valence-corrected chi connectivity index (χ2v) is 9.59. The highest BCUT2D eigenvalue weighted by molar-refractivity contribution is 9.12. The number of carbonyl (C=O) groups is 1. The smallest absolute Gasteiger partial charge is 0.177 e. The van der Waals surface area contributed by atoms with E-state index >= 15 is 0 Å². The summed E-state index contributed by atoms with van der Waals surface area (Å²) in [5, 5.41) is 0. The molecule has 2 nitrogen and oxygen atoms in total. The van der Waals surface area contributed by atoms with Crippen LogP contribution in [-0.4, -0.2) is 15.7 Å². The molecular weight excluding hydrogens is 424 g/mol. The fourth-order valence-electron chi connectivity index (χ4n) is 1.86. The van der Waals surface area contributed by atoms with Gasteiger partial charge in [0.2, 0.25) is 0 Å². The lowest BCUT2D eigenvalue weighted by Crippen LogP contribution is -2.11. The normalized spacial score (nSPS) is 12.4. The van der Waals surface area contributed by atoms with Crippen LogP contribution in [0.1, 0.15) is 21.5 Å². The van der Waals surface area contributed by atoms with Crippen molar-refractivity contribution in [2.24, 2.45) is 0 Å². The maximum absolute atomic E-state index is 12.3. The summed E-state index contributed by atoms with van der Waals surface area (Å²) in [6.07, 6.45) is 0. The molecule has 0 aliphatic rings. The monoisotopic (exact) mass is 434 g/mol. The van der Waals surface area contributed by atoms with Crippen molar-refractivity contribution in [3.63, 3.8) is 0 Å². The fraction of sp³-hybridized carbons (Fsp3) is 0.214. The number of benzene rings is 1. The first-order chi connectivity index (χ1) is 9.38. The van der Waals surface area contributed by atoms with Gasteiger partial charge in [0.05, 0.1) is 24.1 Å². The number of Topliss-reactive ketones (excluding diaryl/α,β-unsaturated/α-hetero) is 1. The molecule has 0 saturated carbocycles. The largest absolute Gasteiger partial charge is 0.293 e. The summed E-state index contributed by atoms with van der Waals surface area (Å²) in [6, 6.07) is 7.50. The van der Waals surface area contributed by atoms with E-state index in [4.69, 9.17) is 0 Å². The quantitative estimate of drug-likeness (QED) is 0.641. The van der Waals surface area contributed by atoms with E-state index in [-0.39, 0.29) is 11.5 Å².